The second-order valence-electron chi connectivity index (χ2n) is 8.71. The predicted molar refractivity (Wildman–Crippen MR) is 125 cm³/mol. The van der Waals surface area contributed by atoms with Gasteiger partial charge in [-0.3, -0.25) is 9.36 Å². The van der Waals surface area contributed by atoms with Gasteiger partial charge < -0.3 is 4.90 Å². The zero-order valence-corrected chi connectivity index (χ0v) is 19.1. The molecule has 0 N–H and O–H groups in total. The van der Waals surface area contributed by atoms with Gasteiger partial charge in [-0.1, -0.05) is 13.8 Å². The van der Waals surface area contributed by atoms with E-state index in [1.807, 2.05) is 40.1 Å². The summed E-state index contributed by atoms with van der Waals surface area (Å²) in [6, 6.07) is 2.41. The molecule has 0 amide bonds. The molecule has 168 valence electrons. The van der Waals surface area contributed by atoms with Crippen molar-refractivity contribution in [3.05, 3.63) is 43.2 Å². The van der Waals surface area contributed by atoms with Gasteiger partial charge in [-0.05, 0) is 57.8 Å². The van der Waals surface area contributed by atoms with Crippen LogP contribution in [-0.2, 0) is 6.54 Å². The molecule has 4 aromatic heterocycles. The Hall–Kier alpha value is -3.00. The molecule has 5 heterocycles. The zero-order valence-electron chi connectivity index (χ0n) is 19.1. The standard InChI is InChI=1S/C24H32N8/c1-3-21(4-2)31-17-20(15-27-31)24-23-8-9-25-32(23)18-22(28-24)19-14-26-30(16-19)13-7-12-29-10-5-6-11-29/h8-9,14-18,21H,3-7,10-13H2,1-2H3. The summed E-state index contributed by atoms with van der Waals surface area (Å²) in [5.41, 5.74) is 4.78. The maximum Gasteiger partial charge on any atom is 0.0999 e. The molecule has 0 unspecified atom stereocenters. The minimum absolute atomic E-state index is 0.409. The molecular formula is C24H32N8. The molecule has 0 spiro atoms. The largest absolute Gasteiger partial charge is 0.303 e. The van der Waals surface area contributed by atoms with Crippen LogP contribution in [0.15, 0.2) is 43.2 Å². The van der Waals surface area contributed by atoms with Crippen LogP contribution in [-0.4, -0.2) is 58.7 Å². The Labute approximate surface area is 188 Å². The number of rotatable bonds is 9. The first-order valence-corrected chi connectivity index (χ1v) is 11.9. The number of aromatic nitrogens is 7. The third-order valence-electron chi connectivity index (χ3n) is 6.57. The summed E-state index contributed by atoms with van der Waals surface area (Å²) in [6.45, 7) is 8.97. The topological polar surface area (TPSA) is 69.1 Å². The smallest absolute Gasteiger partial charge is 0.0999 e. The van der Waals surface area contributed by atoms with E-state index in [4.69, 9.17) is 4.98 Å². The zero-order chi connectivity index (χ0) is 21.9. The van der Waals surface area contributed by atoms with Crippen molar-refractivity contribution in [1.82, 2.24) is 39.1 Å². The molecule has 1 aliphatic rings. The lowest BCUT2D eigenvalue weighted by atomic mass is 10.1. The van der Waals surface area contributed by atoms with Crippen LogP contribution in [0.2, 0.25) is 0 Å². The Morgan fingerprint density at radius 1 is 0.906 bits per heavy atom. The number of nitrogens with zero attached hydrogens (tertiary/aromatic N) is 8. The summed E-state index contributed by atoms with van der Waals surface area (Å²) in [5.74, 6) is 0. The van der Waals surface area contributed by atoms with Crippen LogP contribution < -0.4 is 0 Å². The summed E-state index contributed by atoms with van der Waals surface area (Å²) in [6.07, 6.45) is 17.7. The Morgan fingerprint density at radius 2 is 1.72 bits per heavy atom. The summed E-state index contributed by atoms with van der Waals surface area (Å²) in [5, 5.41) is 13.7. The van der Waals surface area contributed by atoms with Gasteiger partial charge in [-0.2, -0.15) is 15.3 Å². The average molecular weight is 433 g/mol. The van der Waals surface area contributed by atoms with Gasteiger partial charge in [0.15, 0.2) is 0 Å². The van der Waals surface area contributed by atoms with E-state index >= 15 is 0 Å². The van der Waals surface area contributed by atoms with Gasteiger partial charge in [0.25, 0.3) is 0 Å². The molecule has 1 fully saturated rings. The molecule has 8 nitrogen and oxygen atoms in total. The van der Waals surface area contributed by atoms with Gasteiger partial charge in [-0.25, -0.2) is 9.50 Å². The summed E-state index contributed by atoms with van der Waals surface area (Å²) in [4.78, 5) is 7.57. The predicted octanol–water partition coefficient (Wildman–Crippen LogP) is 4.30. The van der Waals surface area contributed by atoms with Crippen LogP contribution in [0.1, 0.15) is 52.0 Å². The van der Waals surface area contributed by atoms with Gasteiger partial charge in [-0.15, -0.1) is 0 Å². The molecule has 5 rings (SSSR count). The van der Waals surface area contributed by atoms with Crippen molar-refractivity contribution >= 4 is 5.52 Å². The molecule has 32 heavy (non-hydrogen) atoms. The van der Waals surface area contributed by atoms with E-state index < -0.39 is 0 Å². The van der Waals surface area contributed by atoms with Crippen molar-refractivity contribution in [2.75, 3.05) is 19.6 Å². The first-order valence-electron chi connectivity index (χ1n) is 11.9. The van der Waals surface area contributed by atoms with Crippen molar-refractivity contribution < 1.29 is 0 Å². The van der Waals surface area contributed by atoms with Crippen LogP contribution in [0.5, 0.6) is 0 Å². The lowest BCUT2D eigenvalue weighted by molar-refractivity contribution is 0.322. The van der Waals surface area contributed by atoms with Crippen LogP contribution in [0.25, 0.3) is 28.0 Å². The normalized spacial score (nSPS) is 14.8. The number of aryl methyl sites for hydroxylation is 1. The lowest BCUT2D eigenvalue weighted by Gasteiger charge is -2.13. The Kier molecular flexibility index (Phi) is 6.03. The van der Waals surface area contributed by atoms with Crippen LogP contribution in [0, 0.1) is 0 Å². The van der Waals surface area contributed by atoms with Crippen molar-refractivity contribution in [3.8, 4) is 22.5 Å². The summed E-state index contributed by atoms with van der Waals surface area (Å²) in [7, 11) is 0. The van der Waals surface area contributed by atoms with E-state index in [-0.39, 0.29) is 0 Å². The third-order valence-corrected chi connectivity index (χ3v) is 6.57. The van der Waals surface area contributed by atoms with Gasteiger partial charge in [0.05, 0.1) is 47.7 Å². The Morgan fingerprint density at radius 3 is 2.53 bits per heavy atom. The molecule has 0 radical (unpaired) electrons. The molecule has 1 saturated heterocycles. The van der Waals surface area contributed by atoms with Gasteiger partial charge in [0, 0.05) is 30.1 Å². The van der Waals surface area contributed by atoms with Crippen LogP contribution >= 0.6 is 0 Å². The summed E-state index contributed by atoms with van der Waals surface area (Å²) < 4.78 is 6.00. The maximum absolute atomic E-state index is 5.02. The molecule has 1 aliphatic heterocycles. The molecule has 4 aromatic rings. The van der Waals surface area contributed by atoms with E-state index in [1.54, 1.807) is 0 Å². The van der Waals surface area contributed by atoms with Crippen molar-refractivity contribution in [2.24, 2.45) is 0 Å². The molecular weight excluding hydrogens is 400 g/mol. The summed E-state index contributed by atoms with van der Waals surface area (Å²) >= 11 is 0. The van der Waals surface area contributed by atoms with E-state index in [0.717, 1.165) is 60.4 Å². The number of hydrogen-bond donors (Lipinski definition) is 0. The van der Waals surface area contributed by atoms with E-state index in [0.29, 0.717) is 6.04 Å². The van der Waals surface area contributed by atoms with Gasteiger partial charge in [0.2, 0.25) is 0 Å². The number of likely N-dealkylation sites (tertiary alicyclic amines) is 1. The van der Waals surface area contributed by atoms with Crippen molar-refractivity contribution in [1.29, 1.82) is 0 Å². The highest BCUT2D eigenvalue weighted by Gasteiger charge is 2.16. The van der Waals surface area contributed by atoms with Gasteiger partial charge in [0.1, 0.15) is 0 Å². The molecule has 0 aromatic carbocycles. The first kappa shape index (κ1) is 20.9. The highest BCUT2D eigenvalue weighted by molar-refractivity contribution is 5.78. The van der Waals surface area contributed by atoms with Crippen LogP contribution in [0.3, 0.4) is 0 Å². The molecule has 0 bridgehead atoms. The third kappa shape index (κ3) is 4.19. The number of hydrogen-bond acceptors (Lipinski definition) is 5. The monoisotopic (exact) mass is 432 g/mol. The SMILES string of the molecule is CCC(CC)n1cc(-c2nc(-c3cnn(CCCN4CCCC4)c3)cn3nccc23)cn1. The minimum Gasteiger partial charge on any atom is -0.303 e. The quantitative estimate of drug-likeness (QED) is 0.394. The molecule has 0 saturated carbocycles. The molecule has 0 atom stereocenters. The fourth-order valence-corrected chi connectivity index (χ4v) is 4.68. The van der Waals surface area contributed by atoms with Crippen molar-refractivity contribution in [2.45, 2.75) is 58.5 Å². The van der Waals surface area contributed by atoms with Crippen LogP contribution in [0.4, 0.5) is 0 Å². The maximum atomic E-state index is 5.02. The van der Waals surface area contributed by atoms with Gasteiger partial charge >= 0.3 is 0 Å². The average Bonchev–Trinajstić information content (AvgIpc) is 3.61. The second kappa shape index (κ2) is 9.24. The fourth-order valence-electron chi connectivity index (χ4n) is 4.68. The first-order chi connectivity index (χ1) is 15.7. The lowest BCUT2D eigenvalue weighted by Crippen LogP contribution is -2.21. The minimum atomic E-state index is 0.409. The molecule has 8 heteroatoms. The Balaban J connectivity index is 1.39. The fraction of sp³-hybridized carbons (Fsp3) is 0.500. The molecule has 0 aliphatic carbocycles. The van der Waals surface area contributed by atoms with E-state index in [9.17, 15) is 0 Å². The highest BCUT2D eigenvalue weighted by atomic mass is 15.3. The Bertz CT molecular complexity index is 1160. The second-order valence-corrected chi connectivity index (χ2v) is 8.71. The van der Waals surface area contributed by atoms with Crippen molar-refractivity contribution in [3.63, 3.8) is 0 Å². The number of fused-ring (bicyclic) bond motifs is 1. The van der Waals surface area contributed by atoms with E-state index in [1.165, 1.54) is 25.9 Å². The van der Waals surface area contributed by atoms with E-state index in [2.05, 4.69) is 51.1 Å². The highest BCUT2D eigenvalue weighted by Crippen LogP contribution is 2.28.